The van der Waals surface area contributed by atoms with Crippen molar-refractivity contribution in [2.24, 2.45) is 0 Å². The number of hydrogen-bond donors (Lipinski definition) is 2. The van der Waals surface area contributed by atoms with Crippen LogP contribution in [0.15, 0.2) is 54.6 Å². The highest BCUT2D eigenvalue weighted by Gasteiger charge is 2.33. The Labute approximate surface area is 172 Å². The number of hydrogen-bond acceptors (Lipinski definition) is 4. The van der Waals surface area contributed by atoms with Crippen LogP contribution in [-0.4, -0.2) is 29.1 Å². The highest BCUT2D eigenvalue weighted by Crippen LogP contribution is 2.48. The van der Waals surface area contributed by atoms with Crippen molar-refractivity contribution >= 4 is 41.1 Å². The van der Waals surface area contributed by atoms with Gasteiger partial charge >= 0.3 is 0 Å². The number of halogens is 2. The molecule has 0 saturated heterocycles. The number of aromatic amines is 1. The summed E-state index contributed by atoms with van der Waals surface area (Å²) in [5, 5.41) is 3.91. The molecule has 1 unspecified atom stereocenters. The number of fused-ring (bicyclic) bond motifs is 1. The standard InChI is InChI=1S/C20H20ClFN3O3P/c1-13(22)7-10-29(27,28-2)19-16-11-15(21)3-4-17(16)25-18(19)20(26)24-12-14-5-8-23-9-6-14/h3-9,11,25H,10,12H2,1-2H3,(H,24,26)/b13-7+. The quantitative estimate of drug-likeness (QED) is 0.532. The van der Waals surface area contributed by atoms with E-state index in [9.17, 15) is 13.8 Å². The van der Waals surface area contributed by atoms with E-state index in [1.54, 1.807) is 42.7 Å². The predicted octanol–water partition coefficient (Wildman–Crippen LogP) is 4.57. The zero-order valence-electron chi connectivity index (χ0n) is 15.9. The Morgan fingerprint density at radius 1 is 1.34 bits per heavy atom. The number of benzene rings is 1. The summed E-state index contributed by atoms with van der Waals surface area (Å²) in [6.07, 6.45) is 4.26. The predicted molar refractivity (Wildman–Crippen MR) is 113 cm³/mol. The van der Waals surface area contributed by atoms with Crippen molar-refractivity contribution in [1.82, 2.24) is 15.3 Å². The summed E-state index contributed by atoms with van der Waals surface area (Å²) >= 11 is 6.12. The number of carbonyl (C=O) groups excluding carboxylic acids is 1. The minimum absolute atomic E-state index is 0.103. The Bertz CT molecular complexity index is 1110. The van der Waals surface area contributed by atoms with Crippen LogP contribution >= 0.6 is 19.0 Å². The number of H-pyrrole nitrogens is 1. The lowest BCUT2D eigenvalue weighted by Gasteiger charge is -2.16. The minimum atomic E-state index is -3.59. The van der Waals surface area contributed by atoms with Gasteiger partial charge in [-0.2, -0.15) is 0 Å². The molecular formula is C20H20ClFN3O3P. The summed E-state index contributed by atoms with van der Waals surface area (Å²) in [5.74, 6) is -0.939. The molecule has 0 fully saturated rings. The van der Waals surface area contributed by atoms with E-state index in [1.165, 1.54) is 20.1 Å². The van der Waals surface area contributed by atoms with Gasteiger partial charge in [0.15, 0.2) is 0 Å². The summed E-state index contributed by atoms with van der Waals surface area (Å²) in [6.45, 7) is 1.52. The number of aromatic nitrogens is 2. The molecule has 29 heavy (non-hydrogen) atoms. The number of nitrogens with zero attached hydrogens (tertiary/aromatic N) is 1. The number of carbonyl (C=O) groups is 1. The van der Waals surface area contributed by atoms with Gasteiger partial charge in [0, 0.05) is 48.1 Å². The van der Waals surface area contributed by atoms with Gasteiger partial charge in [-0.3, -0.25) is 14.3 Å². The van der Waals surface area contributed by atoms with Crippen LogP contribution in [-0.2, 0) is 15.6 Å². The molecule has 0 radical (unpaired) electrons. The van der Waals surface area contributed by atoms with Crippen molar-refractivity contribution in [3.05, 3.63) is 70.9 Å². The SMILES string of the molecule is COP(=O)(C/C=C(\C)F)c1c(C(=O)NCc2ccncc2)[nH]c2ccc(Cl)cc12. The van der Waals surface area contributed by atoms with Crippen LogP contribution < -0.4 is 10.6 Å². The fraction of sp³-hybridized carbons (Fsp3) is 0.200. The summed E-state index contributed by atoms with van der Waals surface area (Å²) in [7, 11) is -2.31. The number of pyridine rings is 1. The van der Waals surface area contributed by atoms with Gasteiger partial charge in [0.1, 0.15) is 5.69 Å². The molecule has 9 heteroatoms. The monoisotopic (exact) mass is 435 g/mol. The van der Waals surface area contributed by atoms with E-state index in [4.69, 9.17) is 16.1 Å². The van der Waals surface area contributed by atoms with Crippen molar-refractivity contribution < 1.29 is 18.3 Å². The van der Waals surface area contributed by atoms with E-state index >= 15 is 0 Å². The Morgan fingerprint density at radius 2 is 2.07 bits per heavy atom. The van der Waals surface area contributed by atoms with Gasteiger partial charge in [-0.15, -0.1) is 0 Å². The maximum absolute atomic E-state index is 13.6. The molecule has 1 atom stereocenters. The van der Waals surface area contributed by atoms with E-state index in [0.29, 0.717) is 15.9 Å². The molecule has 3 rings (SSSR count). The molecule has 1 amide bonds. The lowest BCUT2D eigenvalue weighted by molar-refractivity contribution is 0.0947. The second kappa shape index (κ2) is 8.91. The largest absolute Gasteiger partial charge is 0.350 e. The maximum Gasteiger partial charge on any atom is 0.268 e. The summed E-state index contributed by atoms with van der Waals surface area (Å²) in [6, 6.07) is 8.52. The average molecular weight is 436 g/mol. The molecule has 6 nitrogen and oxygen atoms in total. The van der Waals surface area contributed by atoms with Crippen molar-refractivity contribution in [3.8, 4) is 0 Å². The third-order valence-corrected chi connectivity index (χ3v) is 7.05. The van der Waals surface area contributed by atoms with Crippen molar-refractivity contribution in [3.63, 3.8) is 0 Å². The topological polar surface area (TPSA) is 84.1 Å². The summed E-state index contributed by atoms with van der Waals surface area (Å²) in [4.78, 5) is 19.9. The van der Waals surface area contributed by atoms with E-state index in [0.717, 1.165) is 5.56 Å². The van der Waals surface area contributed by atoms with Gasteiger partial charge in [0.05, 0.1) is 11.1 Å². The fourth-order valence-corrected chi connectivity index (χ4v) is 5.17. The number of allylic oxidation sites excluding steroid dienone is 2. The molecule has 3 aromatic rings. The van der Waals surface area contributed by atoms with E-state index in [2.05, 4.69) is 15.3 Å². The summed E-state index contributed by atoms with van der Waals surface area (Å²) in [5.41, 5.74) is 1.54. The Hall–Kier alpha value is -2.47. The van der Waals surface area contributed by atoms with Gasteiger partial charge in [0.2, 0.25) is 7.37 Å². The first kappa shape index (κ1) is 21.2. The second-order valence-corrected chi connectivity index (χ2v) is 9.37. The maximum atomic E-state index is 13.6. The molecule has 0 saturated carbocycles. The number of nitrogens with one attached hydrogen (secondary N) is 2. The molecular weight excluding hydrogens is 416 g/mol. The Kier molecular flexibility index (Phi) is 6.52. The van der Waals surface area contributed by atoms with Gasteiger partial charge in [0.25, 0.3) is 5.91 Å². The van der Waals surface area contributed by atoms with Crippen LogP contribution in [0.2, 0.25) is 5.02 Å². The fourth-order valence-electron chi connectivity index (χ4n) is 2.94. The zero-order valence-corrected chi connectivity index (χ0v) is 17.6. The number of rotatable bonds is 7. The number of amides is 1. The van der Waals surface area contributed by atoms with Crippen LogP contribution in [0.4, 0.5) is 4.39 Å². The van der Waals surface area contributed by atoms with Gasteiger partial charge in [-0.1, -0.05) is 11.6 Å². The van der Waals surface area contributed by atoms with Gasteiger partial charge in [-0.05, 0) is 48.9 Å². The third kappa shape index (κ3) is 4.75. The molecule has 0 aliphatic carbocycles. The highest BCUT2D eigenvalue weighted by atomic mass is 35.5. The van der Waals surface area contributed by atoms with Gasteiger partial charge in [-0.25, -0.2) is 4.39 Å². The molecule has 0 spiro atoms. The molecule has 2 N–H and O–H groups in total. The van der Waals surface area contributed by atoms with Crippen LogP contribution in [0.25, 0.3) is 10.9 Å². The molecule has 2 aromatic heterocycles. The molecule has 2 heterocycles. The zero-order chi connectivity index (χ0) is 21.0. The van der Waals surface area contributed by atoms with Crippen LogP contribution in [0.3, 0.4) is 0 Å². The molecule has 0 aliphatic heterocycles. The van der Waals surface area contributed by atoms with Gasteiger partial charge < -0.3 is 14.8 Å². The minimum Gasteiger partial charge on any atom is -0.350 e. The molecule has 152 valence electrons. The lowest BCUT2D eigenvalue weighted by Crippen LogP contribution is -2.28. The third-order valence-electron chi connectivity index (χ3n) is 4.41. The van der Waals surface area contributed by atoms with E-state index < -0.39 is 19.1 Å². The van der Waals surface area contributed by atoms with Crippen molar-refractivity contribution in [1.29, 1.82) is 0 Å². The van der Waals surface area contributed by atoms with Crippen LogP contribution in [0.5, 0.6) is 0 Å². The lowest BCUT2D eigenvalue weighted by atomic mass is 10.2. The second-order valence-electron chi connectivity index (χ2n) is 6.41. The summed E-state index contributed by atoms with van der Waals surface area (Å²) < 4.78 is 32.2. The average Bonchev–Trinajstić information content (AvgIpc) is 3.10. The molecule has 0 bridgehead atoms. The normalized spacial score (nSPS) is 14.0. The Morgan fingerprint density at radius 3 is 2.72 bits per heavy atom. The van der Waals surface area contributed by atoms with Crippen molar-refractivity contribution in [2.75, 3.05) is 13.3 Å². The first-order chi connectivity index (χ1) is 13.8. The van der Waals surface area contributed by atoms with Crippen LogP contribution in [0, 0.1) is 0 Å². The molecule has 1 aromatic carbocycles. The smallest absolute Gasteiger partial charge is 0.268 e. The Balaban J connectivity index is 2.06. The van der Waals surface area contributed by atoms with Crippen LogP contribution in [0.1, 0.15) is 23.0 Å². The highest BCUT2D eigenvalue weighted by molar-refractivity contribution is 7.67. The molecule has 0 aliphatic rings. The van der Waals surface area contributed by atoms with E-state index in [1.807, 2.05) is 0 Å². The first-order valence-corrected chi connectivity index (χ1v) is 11.0. The first-order valence-electron chi connectivity index (χ1n) is 8.80. The van der Waals surface area contributed by atoms with Crippen molar-refractivity contribution in [2.45, 2.75) is 13.5 Å². The van der Waals surface area contributed by atoms with E-state index in [-0.39, 0.29) is 23.7 Å².